The van der Waals surface area contributed by atoms with Gasteiger partial charge in [-0.3, -0.25) is 4.98 Å². The molecule has 1 aromatic carbocycles. The minimum absolute atomic E-state index is 0.0419. The zero-order valence-corrected chi connectivity index (χ0v) is 14.8. The van der Waals surface area contributed by atoms with E-state index in [0.29, 0.717) is 29.9 Å². The fourth-order valence-electron chi connectivity index (χ4n) is 2.42. The summed E-state index contributed by atoms with van der Waals surface area (Å²) < 4.78 is 10.9. The normalized spacial score (nSPS) is 12.1. The minimum Gasteiger partial charge on any atom is -0.493 e. The van der Waals surface area contributed by atoms with Crippen molar-refractivity contribution >= 4 is 11.6 Å². The van der Waals surface area contributed by atoms with Crippen LogP contribution >= 0.6 is 11.6 Å². The van der Waals surface area contributed by atoms with E-state index in [1.165, 1.54) is 0 Å². The van der Waals surface area contributed by atoms with Gasteiger partial charge in [-0.2, -0.15) is 4.98 Å². The summed E-state index contributed by atoms with van der Waals surface area (Å²) in [5, 5.41) is 7.96. The fourth-order valence-corrected chi connectivity index (χ4v) is 2.71. The van der Waals surface area contributed by atoms with Gasteiger partial charge in [0, 0.05) is 12.2 Å². The van der Waals surface area contributed by atoms with E-state index in [0.717, 1.165) is 17.0 Å². The van der Waals surface area contributed by atoms with Gasteiger partial charge >= 0.3 is 0 Å². The quantitative estimate of drug-likeness (QED) is 0.687. The third-order valence-corrected chi connectivity index (χ3v) is 3.97. The SMILES string of the molecule is CCOc1ccccc1-c1noc(CNC(C)c2ncccc2Cl)n1. The molecule has 1 N–H and O–H groups in total. The lowest BCUT2D eigenvalue weighted by atomic mass is 10.2. The number of halogens is 1. The number of pyridine rings is 1. The molecule has 0 bridgehead atoms. The number of para-hydroxylation sites is 1. The van der Waals surface area contributed by atoms with Gasteiger partial charge in [-0.15, -0.1) is 0 Å². The number of benzene rings is 1. The van der Waals surface area contributed by atoms with E-state index in [2.05, 4.69) is 20.4 Å². The maximum absolute atomic E-state index is 6.16. The van der Waals surface area contributed by atoms with Crippen LogP contribution in [0.15, 0.2) is 47.1 Å². The number of ether oxygens (including phenoxy) is 1. The predicted octanol–water partition coefficient (Wildman–Crippen LogP) is 4.03. The topological polar surface area (TPSA) is 73.1 Å². The molecule has 0 saturated carbocycles. The van der Waals surface area contributed by atoms with Crippen LogP contribution in [0.4, 0.5) is 0 Å². The van der Waals surface area contributed by atoms with Crippen LogP contribution < -0.4 is 10.1 Å². The van der Waals surface area contributed by atoms with E-state index in [9.17, 15) is 0 Å². The summed E-state index contributed by atoms with van der Waals surface area (Å²) in [6.45, 7) is 4.91. The van der Waals surface area contributed by atoms with Crippen LogP contribution in [-0.2, 0) is 6.54 Å². The van der Waals surface area contributed by atoms with E-state index in [1.54, 1.807) is 12.3 Å². The van der Waals surface area contributed by atoms with Gasteiger partial charge < -0.3 is 14.6 Å². The molecule has 2 aromatic heterocycles. The second-order valence-electron chi connectivity index (χ2n) is 5.41. The molecule has 0 aliphatic heterocycles. The van der Waals surface area contributed by atoms with Crippen molar-refractivity contribution in [2.45, 2.75) is 26.4 Å². The van der Waals surface area contributed by atoms with Gasteiger partial charge in [0.05, 0.1) is 29.4 Å². The second-order valence-corrected chi connectivity index (χ2v) is 5.82. The maximum Gasteiger partial charge on any atom is 0.240 e. The summed E-state index contributed by atoms with van der Waals surface area (Å²) in [5.41, 5.74) is 1.59. The first kappa shape index (κ1) is 17.4. The minimum atomic E-state index is -0.0419. The van der Waals surface area contributed by atoms with Crippen molar-refractivity contribution in [1.29, 1.82) is 0 Å². The Morgan fingerprint density at radius 3 is 2.88 bits per heavy atom. The molecule has 0 aliphatic rings. The molecule has 3 rings (SSSR count). The van der Waals surface area contributed by atoms with E-state index < -0.39 is 0 Å². The summed E-state index contributed by atoms with van der Waals surface area (Å²) in [4.78, 5) is 8.74. The van der Waals surface area contributed by atoms with Crippen molar-refractivity contribution in [1.82, 2.24) is 20.4 Å². The summed E-state index contributed by atoms with van der Waals surface area (Å²) in [7, 11) is 0. The van der Waals surface area contributed by atoms with Crippen molar-refractivity contribution < 1.29 is 9.26 Å². The van der Waals surface area contributed by atoms with Gasteiger partial charge in [-0.1, -0.05) is 28.9 Å². The monoisotopic (exact) mass is 358 g/mol. The van der Waals surface area contributed by atoms with Crippen LogP contribution in [0.1, 0.15) is 31.5 Å². The zero-order valence-electron chi connectivity index (χ0n) is 14.1. The molecule has 130 valence electrons. The highest BCUT2D eigenvalue weighted by molar-refractivity contribution is 6.31. The van der Waals surface area contributed by atoms with Crippen molar-refractivity contribution in [3.63, 3.8) is 0 Å². The van der Waals surface area contributed by atoms with Gasteiger partial charge in [0.25, 0.3) is 0 Å². The molecule has 25 heavy (non-hydrogen) atoms. The van der Waals surface area contributed by atoms with Gasteiger partial charge in [-0.25, -0.2) is 0 Å². The van der Waals surface area contributed by atoms with Crippen LogP contribution in [0, 0.1) is 0 Å². The Morgan fingerprint density at radius 2 is 2.08 bits per heavy atom. The Morgan fingerprint density at radius 1 is 1.24 bits per heavy atom. The Kier molecular flexibility index (Phi) is 5.63. The number of nitrogens with one attached hydrogen (secondary N) is 1. The van der Waals surface area contributed by atoms with Gasteiger partial charge in [-0.05, 0) is 38.1 Å². The molecule has 0 saturated heterocycles. The standard InChI is InChI=1S/C18H19ClN4O2/c1-3-24-15-9-5-4-7-13(15)18-22-16(25-23-18)11-21-12(2)17-14(19)8-6-10-20-17/h4-10,12,21H,3,11H2,1-2H3. The first-order valence-electron chi connectivity index (χ1n) is 8.07. The highest BCUT2D eigenvalue weighted by atomic mass is 35.5. The Labute approximate surface area is 151 Å². The van der Waals surface area contributed by atoms with Crippen molar-refractivity contribution in [3.05, 3.63) is 59.2 Å². The lowest BCUT2D eigenvalue weighted by molar-refractivity contribution is 0.340. The molecule has 6 nitrogen and oxygen atoms in total. The Hall–Kier alpha value is -2.44. The lowest BCUT2D eigenvalue weighted by Gasteiger charge is -2.12. The van der Waals surface area contributed by atoms with Gasteiger partial charge in [0.1, 0.15) is 5.75 Å². The highest BCUT2D eigenvalue weighted by Gasteiger charge is 2.15. The fraction of sp³-hybridized carbons (Fsp3) is 0.278. The van der Waals surface area contributed by atoms with E-state index in [4.69, 9.17) is 20.9 Å². The molecule has 0 aliphatic carbocycles. The summed E-state index contributed by atoms with van der Waals surface area (Å²) >= 11 is 6.16. The van der Waals surface area contributed by atoms with E-state index in [-0.39, 0.29) is 6.04 Å². The Balaban J connectivity index is 1.69. The molecule has 0 amide bonds. The lowest BCUT2D eigenvalue weighted by Crippen LogP contribution is -2.19. The van der Waals surface area contributed by atoms with Crippen LogP contribution in [0.5, 0.6) is 5.75 Å². The number of hydrogen-bond donors (Lipinski definition) is 1. The molecule has 0 fully saturated rings. The van der Waals surface area contributed by atoms with Crippen molar-refractivity contribution in [2.75, 3.05) is 6.61 Å². The highest BCUT2D eigenvalue weighted by Crippen LogP contribution is 2.27. The summed E-state index contributed by atoms with van der Waals surface area (Å²) in [6.07, 6.45) is 1.72. The number of aromatic nitrogens is 3. The Bertz CT molecular complexity index is 837. The first-order chi connectivity index (χ1) is 12.2. The van der Waals surface area contributed by atoms with Crippen LogP contribution in [0.3, 0.4) is 0 Å². The smallest absolute Gasteiger partial charge is 0.240 e. The molecular weight excluding hydrogens is 340 g/mol. The molecule has 0 radical (unpaired) electrons. The van der Waals surface area contributed by atoms with Crippen molar-refractivity contribution in [2.24, 2.45) is 0 Å². The average Bonchev–Trinajstić information content (AvgIpc) is 3.10. The molecule has 1 atom stereocenters. The molecule has 1 unspecified atom stereocenters. The first-order valence-corrected chi connectivity index (χ1v) is 8.45. The summed E-state index contributed by atoms with van der Waals surface area (Å²) in [6, 6.07) is 11.2. The van der Waals surface area contributed by atoms with Gasteiger partial charge in [0.2, 0.25) is 11.7 Å². The van der Waals surface area contributed by atoms with Crippen LogP contribution in [0.25, 0.3) is 11.4 Å². The van der Waals surface area contributed by atoms with E-state index >= 15 is 0 Å². The number of hydrogen-bond acceptors (Lipinski definition) is 6. The molecule has 0 spiro atoms. The van der Waals surface area contributed by atoms with Crippen molar-refractivity contribution in [3.8, 4) is 17.1 Å². The number of nitrogens with zero attached hydrogens (tertiary/aromatic N) is 3. The van der Waals surface area contributed by atoms with Gasteiger partial charge in [0.15, 0.2) is 0 Å². The number of rotatable bonds is 7. The molecular formula is C18H19ClN4O2. The third-order valence-electron chi connectivity index (χ3n) is 3.65. The zero-order chi connectivity index (χ0) is 17.6. The molecule has 3 aromatic rings. The van der Waals surface area contributed by atoms with E-state index in [1.807, 2.05) is 44.2 Å². The predicted molar refractivity (Wildman–Crippen MR) is 95.4 cm³/mol. The van der Waals surface area contributed by atoms with Crippen LogP contribution in [0.2, 0.25) is 5.02 Å². The average molecular weight is 359 g/mol. The maximum atomic E-state index is 6.16. The molecule has 7 heteroatoms. The summed E-state index contributed by atoms with van der Waals surface area (Å²) in [5.74, 6) is 1.73. The molecule has 2 heterocycles. The van der Waals surface area contributed by atoms with Crippen LogP contribution in [-0.4, -0.2) is 21.7 Å². The second kappa shape index (κ2) is 8.09. The largest absolute Gasteiger partial charge is 0.493 e. The third kappa shape index (κ3) is 4.15.